The van der Waals surface area contributed by atoms with Crippen molar-refractivity contribution >= 4 is 39.2 Å². The van der Waals surface area contributed by atoms with Crippen LogP contribution >= 0.6 is 33.2 Å². The second-order valence-corrected chi connectivity index (χ2v) is 13.8. The van der Waals surface area contributed by atoms with E-state index in [-0.39, 0.29) is 0 Å². The lowest BCUT2D eigenvalue weighted by Gasteiger charge is -2.17. The number of aromatic nitrogens is 1. The van der Waals surface area contributed by atoms with Crippen molar-refractivity contribution in [1.29, 1.82) is 0 Å². The SMILES string of the molecule is CCCCCC(CC[Si](Cl)(Cl)Cl)c1ccc[nH]1. The van der Waals surface area contributed by atoms with Crippen molar-refractivity contribution in [2.45, 2.75) is 51.0 Å². The molecule has 1 rings (SSSR count). The van der Waals surface area contributed by atoms with Crippen LogP contribution < -0.4 is 0 Å². The summed E-state index contributed by atoms with van der Waals surface area (Å²) in [5, 5.41) is 0. The largest absolute Gasteiger partial charge is 0.365 e. The highest BCUT2D eigenvalue weighted by Crippen LogP contribution is 2.33. The quantitative estimate of drug-likeness (QED) is 0.359. The Kier molecular flexibility index (Phi) is 7.01. The zero-order chi connectivity index (χ0) is 12.7. The molecule has 0 spiro atoms. The van der Waals surface area contributed by atoms with E-state index in [1.54, 1.807) is 0 Å². The predicted octanol–water partition coefficient (Wildman–Crippen LogP) is 5.72. The van der Waals surface area contributed by atoms with Crippen molar-refractivity contribution in [2.75, 3.05) is 0 Å². The van der Waals surface area contributed by atoms with Gasteiger partial charge in [0.15, 0.2) is 0 Å². The molecule has 1 aromatic heterocycles. The molecule has 1 unspecified atom stereocenters. The average molecular weight is 313 g/mol. The molecule has 0 amide bonds. The van der Waals surface area contributed by atoms with Gasteiger partial charge in [0.1, 0.15) is 0 Å². The Labute approximate surface area is 119 Å². The minimum atomic E-state index is -2.48. The molecule has 17 heavy (non-hydrogen) atoms. The summed E-state index contributed by atoms with van der Waals surface area (Å²) < 4.78 is 0. The monoisotopic (exact) mass is 311 g/mol. The first-order valence-electron chi connectivity index (χ1n) is 6.23. The molecular formula is C12H20Cl3NSi. The fraction of sp³-hybridized carbons (Fsp3) is 0.667. The molecule has 0 radical (unpaired) electrons. The second kappa shape index (κ2) is 7.73. The van der Waals surface area contributed by atoms with E-state index in [9.17, 15) is 0 Å². The van der Waals surface area contributed by atoms with Gasteiger partial charge in [-0.15, -0.1) is 33.2 Å². The first-order chi connectivity index (χ1) is 8.03. The minimum absolute atomic E-state index is 0.514. The topological polar surface area (TPSA) is 15.8 Å². The van der Waals surface area contributed by atoms with Crippen molar-refractivity contribution in [1.82, 2.24) is 4.98 Å². The molecule has 0 saturated heterocycles. The van der Waals surface area contributed by atoms with E-state index >= 15 is 0 Å². The highest BCUT2D eigenvalue weighted by Gasteiger charge is 2.26. The van der Waals surface area contributed by atoms with E-state index in [0.717, 1.165) is 12.5 Å². The molecule has 1 N–H and O–H groups in total. The first-order valence-corrected chi connectivity index (χ1v) is 11.5. The molecular weight excluding hydrogens is 293 g/mol. The highest BCUT2D eigenvalue weighted by atomic mass is 35.8. The third-order valence-corrected chi connectivity index (χ3v) is 5.55. The maximum atomic E-state index is 5.96. The molecule has 0 fully saturated rings. The van der Waals surface area contributed by atoms with Crippen LogP contribution in [-0.4, -0.2) is 11.0 Å². The van der Waals surface area contributed by atoms with Crippen LogP contribution in [0.4, 0.5) is 0 Å². The molecule has 0 aromatic carbocycles. The third-order valence-electron chi connectivity index (χ3n) is 2.99. The van der Waals surface area contributed by atoms with Crippen molar-refractivity contribution in [3.63, 3.8) is 0 Å². The standard InChI is InChI=1S/C12H20Cl3NSi/c1-2-3-4-6-11(8-10-17(13,14)15)12-7-5-9-16-12/h5,7,9,11,16H,2-4,6,8,10H2,1H3. The lowest BCUT2D eigenvalue weighted by atomic mass is 9.95. The summed E-state index contributed by atoms with van der Waals surface area (Å²) >= 11 is 17.9. The molecule has 1 atom stereocenters. The van der Waals surface area contributed by atoms with Gasteiger partial charge in [-0.3, -0.25) is 0 Å². The lowest BCUT2D eigenvalue weighted by molar-refractivity contribution is 0.544. The van der Waals surface area contributed by atoms with E-state index in [1.807, 2.05) is 12.3 Å². The molecule has 1 heterocycles. The molecule has 0 aliphatic heterocycles. The van der Waals surface area contributed by atoms with Crippen LogP contribution in [0.3, 0.4) is 0 Å². The Morgan fingerprint density at radius 3 is 2.53 bits per heavy atom. The van der Waals surface area contributed by atoms with Crippen LogP contribution in [0.15, 0.2) is 18.3 Å². The Morgan fingerprint density at radius 2 is 2.00 bits per heavy atom. The highest BCUT2D eigenvalue weighted by molar-refractivity contribution is 7.64. The van der Waals surface area contributed by atoms with E-state index < -0.39 is 6.00 Å². The number of rotatable bonds is 8. The summed E-state index contributed by atoms with van der Waals surface area (Å²) in [6, 6.07) is 2.44. The van der Waals surface area contributed by atoms with Gasteiger partial charge < -0.3 is 4.98 Å². The zero-order valence-corrected chi connectivity index (χ0v) is 13.5. The van der Waals surface area contributed by atoms with E-state index in [2.05, 4.69) is 18.0 Å². The predicted molar refractivity (Wildman–Crippen MR) is 80.4 cm³/mol. The number of nitrogens with one attached hydrogen (secondary N) is 1. The van der Waals surface area contributed by atoms with Crippen LogP contribution in [0, 0.1) is 0 Å². The number of aromatic amines is 1. The van der Waals surface area contributed by atoms with Crippen LogP contribution in [0.1, 0.15) is 50.6 Å². The smallest absolute Gasteiger partial charge is 0.341 e. The maximum Gasteiger partial charge on any atom is 0.341 e. The molecule has 5 heteroatoms. The van der Waals surface area contributed by atoms with Gasteiger partial charge >= 0.3 is 6.00 Å². The van der Waals surface area contributed by atoms with Gasteiger partial charge in [0, 0.05) is 11.9 Å². The molecule has 98 valence electrons. The Balaban J connectivity index is 2.48. The zero-order valence-electron chi connectivity index (χ0n) is 10.2. The summed E-state index contributed by atoms with van der Waals surface area (Å²) in [6.45, 7) is 2.22. The van der Waals surface area contributed by atoms with Crippen LogP contribution in [-0.2, 0) is 0 Å². The summed E-state index contributed by atoms with van der Waals surface area (Å²) in [5.41, 5.74) is 1.28. The summed E-state index contributed by atoms with van der Waals surface area (Å²) in [6.07, 6.45) is 7.91. The molecule has 0 aliphatic carbocycles. The Hall–Kier alpha value is 0.367. The van der Waals surface area contributed by atoms with Crippen LogP contribution in [0.25, 0.3) is 0 Å². The summed E-state index contributed by atoms with van der Waals surface area (Å²) in [5.74, 6) is 0.514. The number of unbranched alkanes of at least 4 members (excludes halogenated alkanes) is 2. The molecule has 1 nitrogen and oxygen atoms in total. The van der Waals surface area contributed by atoms with Crippen molar-refractivity contribution in [2.24, 2.45) is 0 Å². The minimum Gasteiger partial charge on any atom is -0.365 e. The molecule has 1 aromatic rings. The van der Waals surface area contributed by atoms with Gasteiger partial charge in [0.2, 0.25) is 0 Å². The second-order valence-electron chi connectivity index (χ2n) is 4.47. The van der Waals surface area contributed by atoms with Gasteiger partial charge in [-0.05, 0) is 36.9 Å². The van der Waals surface area contributed by atoms with Gasteiger partial charge in [-0.25, -0.2) is 0 Å². The van der Waals surface area contributed by atoms with Crippen molar-refractivity contribution in [3.8, 4) is 0 Å². The third kappa shape index (κ3) is 6.75. The van der Waals surface area contributed by atoms with Crippen LogP contribution in [0.2, 0.25) is 6.04 Å². The number of hydrogen-bond donors (Lipinski definition) is 1. The first kappa shape index (κ1) is 15.4. The normalized spacial score (nSPS) is 13.9. The Bertz CT molecular complexity index is 295. The van der Waals surface area contributed by atoms with Gasteiger partial charge in [-0.2, -0.15) is 0 Å². The van der Waals surface area contributed by atoms with Crippen molar-refractivity contribution < 1.29 is 0 Å². The molecule has 0 aliphatic rings. The van der Waals surface area contributed by atoms with Gasteiger partial charge in [0.25, 0.3) is 0 Å². The number of halogens is 3. The fourth-order valence-electron chi connectivity index (χ4n) is 2.03. The average Bonchev–Trinajstić information content (AvgIpc) is 2.75. The maximum absolute atomic E-state index is 5.96. The molecule has 0 bridgehead atoms. The van der Waals surface area contributed by atoms with E-state index in [1.165, 1.54) is 31.4 Å². The number of H-pyrrole nitrogens is 1. The van der Waals surface area contributed by atoms with Crippen molar-refractivity contribution in [3.05, 3.63) is 24.0 Å². The molecule has 0 saturated carbocycles. The summed E-state index contributed by atoms with van der Waals surface area (Å²) in [7, 11) is 0. The van der Waals surface area contributed by atoms with Crippen LogP contribution in [0.5, 0.6) is 0 Å². The van der Waals surface area contributed by atoms with E-state index in [0.29, 0.717) is 5.92 Å². The van der Waals surface area contributed by atoms with Gasteiger partial charge in [0.05, 0.1) is 0 Å². The number of hydrogen-bond acceptors (Lipinski definition) is 0. The van der Waals surface area contributed by atoms with Gasteiger partial charge in [-0.1, -0.05) is 26.2 Å². The lowest BCUT2D eigenvalue weighted by Crippen LogP contribution is -2.11. The Morgan fingerprint density at radius 1 is 1.24 bits per heavy atom. The van der Waals surface area contributed by atoms with E-state index in [4.69, 9.17) is 33.2 Å². The summed E-state index contributed by atoms with van der Waals surface area (Å²) in [4.78, 5) is 3.29. The fourth-order valence-corrected chi connectivity index (χ4v) is 3.69.